The summed E-state index contributed by atoms with van der Waals surface area (Å²) in [6.45, 7) is 0. The van der Waals surface area contributed by atoms with Crippen molar-refractivity contribution in [2.45, 2.75) is 50.0 Å². The van der Waals surface area contributed by atoms with Crippen molar-refractivity contribution >= 4 is 44.3 Å². The number of benzene rings is 6. The van der Waals surface area contributed by atoms with Gasteiger partial charge in [-0.25, -0.2) is 0 Å². The lowest BCUT2D eigenvalue weighted by molar-refractivity contribution is 0.558. The van der Waals surface area contributed by atoms with Gasteiger partial charge in [0.05, 0.1) is 40.0 Å². The number of nitriles is 2. The third-order valence-corrected chi connectivity index (χ3v) is 12.0. The van der Waals surface area contributed by atoms with E-state index < -0.39 is 0 Å². The number of para-hydroxylation sites is 3. The normalized spacial score (nSPS) is 19.1. The first kappa shape index (κ1) is 32.1. The van der Waals surface area contributed by atoms with Crippen LogP contribution in [0.15, 0.2) is 152 Å². The first-order valence-corrected chi connectivity index (χ1v) is 19.1. The predicted molar refractivity (Wildman–Crippen MR) is 220 cm³/mol. The molecule has 0 amide bonds. The van der Waals surface area contributed by atoms with Crippen LogP contribution in [-0.2, 0) is 0 Å². The molecule has 0 fully saturated rings. The first-order chi connectivity index (χ1) is 26.7. The number of hydrogen-bond acceptors (Lipinski definition) is 3. The predicted octanol–water partition coefficient (Wildman–Crippen LogP) is 12.4. The van der Waals surface area contributed by atoms with Gasteiger partial charge in [-0.1, -0.05) is 97.1 Å². The molecule has 0 saturated heterocycles. The maximum absolute atomic E-state index is 10.1. The van der Waals surface area contributed by atoms with Crippen LogP contribution in [0.1, 0.15) is 77.3 Å². The van der Waals surface area contributed by atoms with Crippen LogP contribution in [-0.4, -0.2) is 10.6 Å². The number of hydrogen-bond donors (Lipinski definition) is 0. The van der Waals surface area contributed by atoms with Crippen LogP contribution in [0.2, 0.25) is 0 Å². The first-order valence-electron chi connectivity index (χ1n) is 19.1. The molecule has 258 valence electrons. The summed E-state index contributed by atoms with van der Waals surface area (Å²) in [5.74, 6) is 0.524. The smallest absolute Gasteiger partial charge is 0.101 e. The summed E-state index contributed by atoms with van der Waals surface area (Å²) in [7, 11) is 0. The van der Waals surface area contributed by atoms with Crippen molar-refractivity contribution in [2.24, 2.45) is 0 Å². The highest BCUT2D eigenvalue weighted by molar-refractivity contribution is 6.09. The highest BCUT2D eigenvalue weighted by Gasteiger charge is 2.42. The Labute approximate surface area is 316 Å². The molecule has 0 radical (unpaired) electrons. The molecule has 3 atom stereocenters. The van der Waals surface area contributed by atoms with Crippen molar-refractivity contribution < 1.29 is 0 Å². The molecule has 6 aromatic carbocycles. The molecule has 1 aliphatic heterocycles. The van der Waals surface area contributed by atoms with Gasteiger partial charge in [-0.05, 0) is 115 Å². The van der Waals surface area contributed by atoms with Gasteiger partial charge < -0.3 is 9.47 Å². The fourth-order valence-corrected chi connectivity index (χ4v) is 9.73. The molecule has 4 nitrogen and oxygen atoms in total. The number of fused-ring (bicyclic) bond motifs is 6. The molecule has 0 bridgehead atoms. The molecular formula is C50H38N4. The Kier molecular flexibility index (Phi) is 7.78. The number of rotatable bonds is 5. The average molecular weight is 695 g/mol. The maximum Gasteiger partial charge on any atom is 0.101 e. The fraction of sp³-hybridized carbons (Fsp3) is 0.160. The van der Waals surface area contributed by atoms with Crippen LogP contribution < -0.4 is 4.90 Å². The van der Waals surface area contributed by atoms with E-state index in [2.05, 4.69) is 143 Å². The van der Waals surface area contributed by atoms with Crippen LogP contribution in [0.25, 0.3) is 38.6 Å². The summed E-state index contributed by atoms with van der Waals surface area (Å²) < 4.78 is 2.29. The van der Waals surface area contributed by atoms with E-state index in [0.717, 1.165) is 54.5 Å². The molecule has 10 rings (SSSR count). The summed E-state index contributed by atoms with van der Waals surface area (Å²) in [6, 6.07) is 54.6. The van der Waals surface area contributed by atoms with E-state index in [1.165, 1.54) is 49.9 Å². The van der Waals surface area contributed by atoms with Crippen molar-refractivity contribution in [1.29, 1.82) is 10.5 Å². The standard InChI is InChI=1S/C50H38N4/c51-31-33-24-27-36(28-25-33)53-47-22-9-7-18-42(47)45-20-11-19-44(50(45)53)40-16-5-4-15-39(40)38-14-3-2-13-37(38)34-26-29-43-41-17-6-10-23-48(41)54(49(43)30-34)46-21-8-1-12-35(46)32-52/h1,4-10,12,14-18,20-30,37,44,50H,2-3,11,13,19H2. The van der Waals surface area contributed by atoms with E-state index >= 15 is 0 Å². The second kappa shape index (κ2) is 13.1. The topological polar surface area (TPSA) is 55.8 Å². The Morgan fingerprint density at radius 3 is 2.15 bits per heavy atom. The van der Waals surface area contributed by atoms with Gasteiger partial charge in [0.15, 0.2) is 0 Å². The van der Waals surface area contributed by atoms with Gasteiger partial charge in [0, 0.05) is 39.5 Å². The van der Waals surface area contributed by atoms with E-state index in [1.807, 2.05) is 30.3 Å². The van der Waals surface area contributed by atoms with Crippen LogP contribution in [0.5, 0.6) is 0 Å². The second-order valence-corrected chi connectivity index (χ2v) is 14.8. The number of aromatic nitrogens is 1. The van der Waals surface area contributed by atoms with Crippen molar-refractivity contribution in [3.63, 3.8) is 0 Å². The third-order valence-electron chi connectivity index (χ3n) is 12.0. The van der Waals surface area contributed by atoms with Crippen molar-refractivity contribution in [2.75, 3.05) is 4.90 Å². The zero-order chi connectivity index (χ0) is 36.2. The van der Waals surface area contributed by atoms with Gasteiger partial charge in [0.2, 0.25) is 0 Å². The molecule has 2 aliphatic carbocycles. The monoisotopic (exact) mass is 694 g/mol. The lowest BCUT2D eigenvalue weighted by atomic mass is 9.72. The van der Waals surface area contributed by atoms with Crippen LogP contribution in [0.3, 0.4) is 0 Å². The molecule has 0 saturated carbocycles. The van der Waals surface area contributed by atoms with Gasteiger partial charge in [0.1, 0.15) is 6.07 Å². The van der Waals surface area contributed by atoms with E-state index in [4.69, 9.17) is 0 Å². The minimum absolute atomic E-state index is 0.153. The molecule has 2 heterocycles. The van der Waals surface area contributed by atoms with Gasteiger partial charge in [-0.3, -0.25) is 0 Å². The SMILES string of the molecule is N#Cc1ccc(N2c3ccccc3C3=CCCC(c4ccccc4C4=CCCCC4c4ccc5c6ccccc6n(-c6ccccc6C#N)c5c4)C32)cc1. The molecule has 3 aliphatic rings. The number of nitrogens with zero attached hydrogens (tertiary/aromatic N) is 4. The van der Waals surface area contributed by atoms with Gasteiger partial charge in [0.25, 0.3) is 0 Å². The Morgan fingerprint density at radius 2 is 1.30 bits per heavy atom. The lowest BCUT2D eigenvalue weighted by Crippen LogP contribution is -2.35. The third kappa shape index (κ3) is 5.02. The Hall–Kier alpha value is -6.62. The van der Waals surface area contributed by atoms with E-state index in [9.17, 15) is 10.5 Å². The summed E-state index contributed by atoms with van der Waals surface area (Å²) in [5, 5.41) is 22.1. The highest BCUT2D eigenvalue weighted by atomic mass is 15.2. The second-order valence-electron chi connectivity index (χ2n) is 14.8. The minimum Gasteiger partial charge on any atom is -0.333 e. The maximum atomic E-state index is 10.1. The molecule has 54 heavy (non-hydrogen) atoms. The molecule has 7 aromatic rings. The van der Waals surface area contributed by atoms with Gasteiger partial charge in [-0.15, -0.1) is 0 Å². The van der Waals surface area contributed by atoms with Gasteiger partial charge in [-0.2, -0.15) is 10.5 Å². The van der Waals surface area contributed by atoms with E-state index in [0.29, 0.717) is 11.1 Å². The highest BCUT2D eigenvalue weighted by Crippen LogP contribution is 2.54. The summed E-state index contributed by atoms with van der Waals surface area (Å²) in [4.78, 5) is 2.53. The zero-order valence-electron chi connectivity index (χ0n) is 30.0. The molecule has 3 unspecified atom stereocenters. The molecule has 1 aromatic heterocycles. The van der Waals surface area contributed by atoms with Crippen molar-refractivity contribution in [3.05, 3.63) is 185 Å². The summed E-state index contributed by atoms with van der Waals surface area (Å²) in [6.07, 6.45) is 10.4. The Morgan fingerprint density at radius 1 is 0.574 bits per heavy atom. The fourth-order valence-electron chi connectivity index (χ4n) is 9.73. The van der Waals surface area contributed by atoms with Crippen molar-refractivity contribution in [3.8, 4) is 17.8 Å². The van der Waals surface area contributed by atoms with Crippen molar-refractivity contribution in [1.82, 2.24) is 4.57 Å². The quantitative estimate of drug-likeness (QED) is 0.180. The number of anilines is 2. The van der Waals surface area contributed by atoms with Gasteiger partial charge >= 0.3 is 0 Å². The molecule has 0 N–H and O–H groups in total. The lowest BCUT2D eigenvalue weighted by Gasteiger charge is -2.38. The summed E-state index contributed by atoms with van der Waals surface area (Å²) >= 11 is 0. The summed E-state index contributed by atoms with van der Waals surface area (Å²) in [5.41, 5.74) is 15.1. The van der Waals surface area contributed by atoms with E-state index in [-0.39, 0.29) is 17.9 Å². The zero-order valence-corrected chi connectivity index (χ0v) is 30.0. The minimum atomic E-state index is 0.153. The van der Waals surface area contributed by atoms with Crippen LogP contribution in [0, 0.1) is 22.7 Å². The Balaban J connectivity index is 1.10. The Bertz CT molecular complexity index is 2750. The molecular weight excluding hydrogens is 657 g/mol. The largest absolute Gasteiger partial charge is 0.333 e. The molecule has 0 spiro atoms. The van der Waals surface area contributed by atoms with E-state index in [1.54, 1.807) is 0 Å². The van der Waals surface area contributed by atoms with Crippen LogP contribution in [0.4, 0.5) is 11.4 Å². The average Bonchev–Trinajstić information content (AvgIpc) is 3.76. The molecule has 4 heteroatoms. The van der Waals surface area contributed by atoms with Crippen LogP contribution >= 0.6 is 0 Å². The number of allylic oxidation sites excluding steroid dienone is 3.